The Morgan fingerprint density at radius 1 is 1.22 bits per heavy atom. The van der Waals surface area contributed by atoms with E-state index in [4.69, 9.17) is 15.2 Å². The van der Waals surface area contributed by atoms with Crippen LogP contribution >= 0.6 is 11.3 Å². The Morgan fingerprint density at radius 2 is 2.00 bits per heavy atom. The Labute approximate surface area is 141 Å². The van der Waals surface area contributed by atoms with Crippen LogP contribution in [0.4, 0.5) is 0 Å². The first-order valence-corrected chi connectivity index (χ1v) is 8.29. The molecular formula is C17H23N3O2S. The van der Waals surface area contributed by atoms with Gasteiger partial charge in [-0.25, -0.2) is 4.99 Å². The van der Waals surface area contributed by atoms with Gasteiger partial charge in [-0.15, -0.1) is 11.3 Å². The van der Waals surface area contributed by atoms with Crippen molar-refractivity contribution >= 4 is 17.3 Å². The molecule has 0 aliphatic rings. The van der Waals surface area contributed by atoms with E-state index in [1.54, 1.807) is 25.6 Å². The van der Waals surface area contributed by atoms with Crippen LogP contribution in [0, 0.1) is 6.92 Å². The quantitative estimate of drug-likeness (QED) is 0.604. The van der Waals surface area contributed by atoms with Crippen molar-refractivity contribution in [2.24, 2.45) is 10.7 Å². The average Bonchev–Trinajstić information content (AvgIpc) is 2.97. The van der Waals surface area contributed by atoms with Crippen LogP contribution in [0.15, 0.2) is 34.6 Å². The molecule has 2 rings (SSSR count). The molecule has 0 spiro atoms. The minimum absolute atomic E-state index is 0.471. The molecular weight excluding hydrogens is 310 g/mol. The number of nitrogens with zero attached hydrogens (tertiary/aromatic N) is 1. The number of benzene rings is 1. The van der Waals surface area contributed by atoms with E-state index in [9.17, 15) is 0 Å². The molecule has 3 N–H and O–H groups in total. The lowest BCUT2D eigenvalue weighted by molar-refractivity contribution is 0.354. The molecule has 2 aromatic rings. The number of nitrogens with two attached hydrogens (primary N) is 1. The second kappa shape index (κ2) is 8.43. The Balaban J connectivity index is 1.83. The van der Waals surface area contributed by atoms with E-state index in [2.05, 4.69) is 28.7 Å². The molecule has 0 amide bonds. The lowest BCUT2D eigenvalue weighted by Crippen LogP contribution is -2.33. The second-order valence-corrected chi connectivity index (χ2v) is 6.10. The summed E-state index contributed by atoms with van der Waals surface area (Å²) in [6, 6.07) is 8.00. The van der Waals surface area contributed by atoms with Gasteiger partial charge in [-0.2, -0.15) is 0 Å². The predicted molar refractivity (Wildman–Crippen MR) is 95.6 cm³/mol. The molecule has 6 heteroatoms. The van der Waals surface area contributed by atoms with Crippen molar-refractivity contribution in [3.63, 3.8) is 0 Å². The lowest BCUT2D eigenvalue weighted by Gasteiger charge is -2.10. The Bertz CT molecular complexity index is 668. The van der Waals surface area contributed by atoms with Crippen molar-refractivity contribution in [2.45, 2.75) is 19.9 Å². The van der Waals surface area contributed by atoms with Crippen molar-refractivity contribution < 1.29 is 9.47 Å². The molecule has 0 aliphatic carbocycles. The summed E-state index contributed by atoms with van der Waals surface area (Å²) in [6.45, 7) is 3.43. The zero-order chi connectivity index (χ0) is 16.7. The number of thiophene rings is 1. The molecule has 0 atom stereocenters. The number of nitrogens with one attached hydrogen (secondary N) is 1. The molecule has 1 heterocycles. The molecule has 0 aliphatic heterocycles. The summed E-state index contributed by atoms with van der Waals surface area (Å²) < 4.78 is 10.5. The fourth-order valence-corrected chi connectivity index (χ4v) is 2.98. The first-order valence-electron chi connectivity index (χ1n) is 7.41. The van der Waals surface area contributed by atoms with E-state index in [1.165, 1.54) is 10.4 Å². The zero-order valence-corrected chi connectivity index (χ0v) is 14.6. The molecule has 23 heavy (non-hydrogen) atoms. The maximum atomic E-state index is 5.91. The molecule has 1 aromatic heterocycles. The second-order valence-electron chi connectivity index (χ2n) is 5.09. The van der Waals surface area contributed by atoms with Gasteiger partial charge in [-0.05, 0) is 48.1 Å². The van der Waals surface area contributed by atoms with Gasteiger partial charge >= 0.3 is 0 Å². The molecule has 0 radical (unpaired) electrons. The Morgan fingerprint density at radius 3 is 2.65 bits per heavy atom. The van der Waals surface area contributed by atoms with Crippen LogP contribution in [0.1, 0.15) is 16.0 Å². The van der Waals surface area contributed by atoms with Gasteiger partial charge in [-0.3, -0.25) is 0 Å². The topological polar surface area (TPSA) is 68.9 Å². The number of hydrogen-bond donors (Lipinski definition) is 2. The minimum atomic E-state index is 0.471. The van der Waals surface area contributed by atoms with E-state index in [1.807, 2.05) is 18.2 Å². The highest BCUT2D eigenvalue weighted by atomic mass is 32.1. The van der Waals surface area contributed by atoms with Crippen LogP contribution in [0.25, 0.3) is 0 Å². The van der Waals surface area contributed by atoms with E-state index >= 15 is 0 Å². The highest BCUT2D eigenvalue weighted by molar-refractivity contribution is 7.10. The van der Waals surface area contributed by atoms with E-state index in [0.717, 1.165) is 23.5 Å². The molecule has 0 fully saturated rings. The normalized spacial score (nSPS) is 11.3. The van der Waals surface area contributed by atoms with Gasteiger partial charge in [0, 0.05) is 11.4 Å². The Hall–Kier alpha value is -2.21. The first-order chi connectivity index (χ1) is 11.1. The third kappa shape index (κ3) is 4.89. The molecule has 0 saturated carbocycles. The standard InChI is InChI=1S/C17H23N3O2S/c1-12-7-9-23-16(12)11-20-17(18)19-8-6-13-4-5-14(21-2)15(10-13)22-3/h4-5,7,9-10H,6,8,11H2,1-3H3,(H3,18,19,20). The molecule has 124 valence electrons. The number of guanidine groups is 1. The number of methoxy groups -OCH3 is 2. The molecule has 0 saturated heterocycles. The summed E-state index contributed by atoms with van der Waals surface area (Å²) in [5.41, 5.74) is 8.32. The highest BCUT2D eigenvalue weighted by Gasteiger charge is 2.04. The number of aryl methyl sites for hydroxylation is 1. The van der Waals surface area contributed by atoms with Crippen LogP contribution in [-0.2, 0) is 13.0 Å². The number of aliphatic imine (C=N–C) groups is 1. The fraction of sp³-hybridized carbons (Fsp3) is 0.353. The SMILES string of the molecule is COc1ccc(CCNC(N)=NCc2sccc2C)cc1OC. The predicted octanol–water partition coefficient (Wildman–Crippen LogP) is 2.72. The summed E-state index contributed by atoms with van der Waals surface area (Å²) >= 11 is 1.70. The summed E-state index contributed by atoms with van der Waals surface area (Å²) in [4.78, 5) is 5.61. The van der Waals surface area contributed by atoms with Crippen molar-refractivity contribution in [1.29, 1.82) is 0 Å². The number of hydrogen-bond acceptors (Lipinski definition) is 4. The van der Waals surface area contributed by atoms with Gasteiger partial charge in [0.1, 0.15) is 0 Å². The third-order valence-electron chi connectivity index (χ3n) is 3.53. The largest absolute Gasteiger partial charge is 0.493 e. The summed E-state index contributed by atoms with van der Waals surface area (Å²) in [7, 11) is 3.27. The van der Waals surface area contributed by atoms with E-state index in [-0.39, 0.29) is 0 Å². The van der Waals surface area contributed by atoms with Gasteiger partial charge in [0.2, 0.25) is 0 Å². The van der Waals surface area contributed by atoms with Gasteiger partial charge < -0.3 is 20.5 Å². The third-order valence-corrected chi connectivity index (χ3v) is 4.54. The van der Waals surface area contributed by atoms with Crippen LogP contribution in [0.2, 0.25) is 0 Å². The number of rotatable bonds is 7. The first kappa shape index (κ1) is 17.1. The minimum Gasteiger partial charge on any atom is -0.493 e. The van der Waals surface area contributed by atoms with Crippen LogP contribution in [0.3, 0.4) is 0 Å². The summed E-state index contributed by atoms with van der Waals surface area (Å²) in [5.74, 6) is 1.94. The molecule has 1 aromatic carbocycles. The van der Waals surface area contributed by atoms with Crippen molar-refractivity contribution in [3.05, 3.63) is 45.6 Å². The highest BCUT2D eigenvalue weighted by Crippen LogP contribution is 2.27. The van der Waals surface area contributed by atoms with Crippen LogP contribution in [-0.4, -0.2) is 26.7 Å². The summed E-state index contributed by atoms with van der Waals surface area (Å²) in [6.07, 6.45) is 0.828. The van der Waals surface area contributed by atoms with Gasteiger partial charge in [0.25, 0.3) is 0 Å². The molecule has 5 nitrogen and oxygen atoms in total. The molecule has 0 unspecified atom stereocenters. The van der Waals surface area contributed by atoms with Gasteiger partial charge in [0.05, 0.1) is 20.8 Å². The molecule has 0 bridgehead atoms. The lowest BCUT2D eigenvalue weighted by atomic mass is 10.1. The summed E-state index contributed by atoms with van der Waals surface area (Å²) in [5, 5.41) is 5.21. The Kier molecular flexibility index (Phi) is 6.29. The zero-order valence-electron chi connectivity index (χ0n) is 13.8. The van der Waals surface area contributed by atoms with Crippen molar-refractivity contribution in [1.82, 2.24) is 5.32 Å². The van der Waals surface area contributed by atoms with Gasteiger partial charge in [0.15, 0.2) is 17.5 Å². The fourth-order valence-electron chi connectivity index (χ4n) is 2.15. The van der Waals surface area contributed by atoms with E-state index in [0.29, 0.717) is 19.0 Å². The van der Waals surface area contributed by atoms with Crippen molar-refractivity contribution in [3.8, 4) is 11.5 Å². The van der Waals surface area contributed by atoms with Crippen LogP contribution in [0.5, 0.6) is 11.5 Å². The smallest absolute Gasteiger partial charge is 0.188 e. The van der Waals surface area contributed by atoms with E-state index < -0.39 is 0 Å². The maximum Gasteiger partial charge on any atom is 0.188 e. The van der Waals surface area contributed by atoms with Crippen molar-refractivity contribution in [2.75, 3.05) is 20.8 Å². The van der Waals surface area contributed by atoms with Crippen LogP contribution < -0.4 is 20.5 Å². The maximum absolute atomic E-state index is 5.91. The van der Waals surface area contributed by atoms with Gasteiger partial charge in [-0.1, -0.05) is 6.07 Å². The monoisotopic (exact) mass is 333 g/mol. The average molecular weight is 333 g/mol. The number of ether oxygens (including phenoxy) is 2.